The Labute approximate surface area is 126 Å². The summed E-state index contributed by atoms with van der Waals surface area (Å²) in [5.41, 5.74) is 2.12. The molecule has 4 nitrogen and oxygen atoms in total. The van der Waals surface area contributed by atoms with Crippen molar-refractivity contribution in [2.24, 2.45) is 11.1 Å². The fourth-order valence-corrected chi connectivity index (χ4v) is 2.84. The molecule has 0 radical (unpaired) electrons. The number of hydrogen-bond acceptors (Lipinski definition) is 3. The first kappa shape index (κ1) is 15.5. The first-order valence-corrected chi connectivity index (χ1v) is 7.80. The lowest BCUT2D eigenvalue weighted by Crippen LogP contribution is -2.23. The SMILES string of the molecule is CC(=NO)c1cccc(NC(=O)C2CCCCCCC2)c1. The van der Waals surface area contributed by atoms with E-state index in [2.05, 4.69) is 10.5 Å². The average Bonchev–Trinajstić information content (AvgIpc) is 2.46. The Balaban J connectivity index is 2.01. The molecule has 1 fully saturated rings. The van der Waals surface area contributed by atoms with Crippen molar-refractivity contribution in [1.82, 2.24) is 0 Å². The molecule has 1 saturated carbocycles. The Morgan fingerprint density at radius 3 is 2.52 bits per heavy atom. The van der Waals surface area contributed by atoms with Gasteiger partial charge in [-0.05, 0) is 31.9 Å². The van der Waals surface area contributed by atoms with Gasteiger partial charge in [-0.1, -0.05) is 49.4 Å². The number of benzene rings is 1. The highest BCUT2D eigenvalue weighted by Crippen LogP contribution is 2.24. The highest BCUT2D eigenvalue weighted by molar-refractivity contribution is 6.00. The van der Waals surface area contributed by atoms with Crippen LogP contribution in [0.25, 0.3) is 0 Å². The molecule has 1 aromatic carbocycles. The predicted molar refractivity (Wildman–Crippen MR) is 84.9 cm³/mol. The lowest BCUT2D eigenvalue weighted by atomic mass is 9.90. The van der Waals surface area contributed by atoms with Gasteiger partial charge in [0.2, 0.25) is 5.91 Å². The first-order chi connectivity index (χ1) is 10.2. The summed E-state index contributed by atoms with van der Waals surface area (Å²) in [4.78, 5) is 12.4. The topological polar surface area (TPSA) is 61.7 Å². The molecule has 0 heterocycles. The van der Waals surface area contributed by atoms with Crippen LogP contribution in [0.5, 0.6) is 0 Å². The van der Waals surface area contributed by atoms with Crippen molar-refractivity contribution >= 4 is 17.3 Å². The zero-order chi connectivity index (χ0) is 15.1. The lowest BCUT2D eigenvalue weighted by molar-refractivity contribution is -0.120. The number of hydrogen-bond donors (Lipinski definition) is 2. The van der Waals surface area contributed by atoms with Gasteiger partial charge >= 0.3 is 0 Å². The zero-order valence-corrected chi connectivity index (χ0v) is 12.6. The van der Waals surface area contributed by atoms with Crippen LogP contribution in [0.1, 0.15) is 57.4 Å². The summed E-state index contributed by atoms with van der Waals surface area (Å²) in [5.74, 6) is 0.245. The normalized spacial score (nSPS) is 17.9. The smallest absolute Gasteiger partial charge is 0.227 e. The zero-order valence-electron chi connectivity index (χ0n) is 12.6. The highest BCUT2D eigenvalue weighted by Gasteiger charge is 2.19. The van der Waals surface area contributed by atoms with Gasteiger partial charge in [-0.15, -0.1) is 0 Å². The second kappa shape index (κ2) is 7.81. The molecule has 1 amide bonds. The van der Waals surface area contributed by atoms with Crippen LogP contribution in [-0.2, 0) is 4.79 Å². The van der Waals surface area contributed by atoms with E-state index in [1.165, 1.54) is 19.3 Å². The molecular weight excluding hydrogens is 264 g/mol. The van der Waals surface area contributed by atoms with Gasteiger partial charge in [0.1, 0.15) is 0 Å². The van der Waals surface area contributed by atoms with Crippen LogP contribution in [0.3, 0.4) is 0 Å². The Hall–Kier alpha value is -1.84. The Kier molecular flexibility index (Phi) is 5.78. The van der Waals surface area contributed by atoms with E-state index < -0.39 is 0 Å². The van der Waals surface area contributed by atoms with Crippen LogP contribution in [0.15, 0.2) is 29.4 Å². The van der Waals surface area contributed by atoms with Gasteiger partial charge < -0.3 is 10.5 Å². The molecule has 0 atom stereocenters. The standard InChI is InChI=1S/C17H24N2O2/c1-13(19-21)15-10-7-11-16(12-15)18-17(20)14-8-5-3-2-4-6-9-14/h7,10-12,14,21H,2-6,8-9H2,1H3,(H,18,20). The minimum Gasteiger partial charge on any atom is -0.411 e. The van der Waals surface area contributed by atoms with E-state index in [9.17, 15) is 4.79 Å². The van der Waals surface area contributed by atoms with Crippen molar-refractivity contribution in [3.63, 3.8) is 0 Å². The summed E-state index contributed by atoms with van der Waals surface area (Å²) in [7, 11) is 0. The van der Waals surface area contributed by atoms with E-state index in [0.29, 0.717) is 5.71 Å². The van der Waals surface area contributed by atoms with Gasteiger partial charge in [-0.25, -0.2) is 0 Å². The molecule has 2 N–H and O–H groups in total. The maximum atomic E-state index is 12.4. The average molecular weight is 288 g/mol. The second-order valence-corrected chi connectivity index (χ2v) is 5.80. The van der Waals surface area contributed by atoms with E-state index in [-0.39, 0.29) is 11.8 Å². The number of rotatable bonds is 3. The van der Waals surface area contributed by atoms with E-state index in [1.807, 2.05) is 24.3 Å². The number of carbonyl (C=O) groups excluding carboxylic acids is 1. The van der Waals surface area contributed by atoms with Gasteiger partial charge in [0, 0.05) is 17.2 Å². The third-order valence-electron chi connectivity index (χ3n) is 4.17. The maximum absolute atomic E-state index is 12.4. The van der Waals surface area contributed by atoms with Crippen LogP contribution >= 0.6 is 0 Å². The first-order valence-electron chi connectivity index (χ1n) is 7.80. The number of carbonyl (C=O) groups is 1. The molecule has 114 valence electrons. The van der Waals surface area contributed by atoms with Crippen molar-refractivity contribution in [3.05, 3.63) is 29.8 Å². The molecule has 0 spiro atoms. The third kappa shape index (κ3) is 4.59. The number of oxime groups is 1. The molecule has 1 aromatic rings. The Morgan fingerprint density at radius 2 is 1.86 bits per heavy atom. The van der Waals surface area contributed by atoms with Gasteiger partial charge in [-0.3, -0.25) is 4.79 Å². The van der Waals surface area contributed by atoms with Crippen molar-refractivity contribution in [2.75, 3.05) is 5.32 Å². The lowest BCUT2D eigenvalue weighted by Gasteiger charge is -2.19. The van der Waals surface area contributed by atoms with Crippen LogP contribution in [0.4, 0.5) is 5.69 Å². The second-order valence-electron chi connectivity index (χ2n) is 5.80. The number of amides is 1. The summed E-state index contributed by atoms with van der Waals surface area (Å²) >= 11 is 0. The van der Waals surface area contributed by atoms with Gasteiger partial charge in [0.25, 0.3) is 0 Å². The summed E-state index contributed by atoms with van der Waals surface area (Å²) in [5, 5.41) is 15.0. The third-order valence-corrected chi connectivity index (χ3v) is 4.17. The molecule has 2 rings (SSSR count). The largest absolute Gasteiger partial charge is 0.411 e. The Bertz CT molecular complexity index is 503. The summed E-state index contributed by atoms with van der Waals surface area (Å²) < 4.78 is 0. The number of nitrogens with one attached hydrogen (secondary N) is 1. The van der Waals surface area contributed by atoms with Gasteiger partial charge in [0.15, 0.2) is 0 Å². The molecule has 0 unspecified atom stereocenters. The fourth-order valence-electron chi connectivity index (χ4n) is 2.84. The van der Waals surface area contributed by atoms with Crippen molar-refractivity contribution in [3.8, 4) is 0 Å². The maximum Gasteiger partial charge on any atom is 0.227 e. The quantitative estimate of drug-likeness (QED) is 0.498. The molecule has 21 heavy (non-hydrogen) atoms. The molecular formula is C17H24N2O2. The van der Waals surface area contributed by atoms with Crippen LogP contribution < -0.4 is 5.32 Å². The van der Waals surface area contributed by atoms with Crippen molar-refractivity contribution in [1.29, 1.82) is 0 Å². The van der Waals surface area contributed by atoms with E-state index >= 15 is 0 Å². The molecule has 1 aliphatic carbocycles. The van der Waals surface area contributed by atoms with Crippen LogP contribution in [0.2, 0.25) is 0 Å². The summed E-state index contributed by atoms with van der Waals surface area (Å²) in [6, 6.07) is 7.43. The van der Waals surface area contributed by atoms with E-state index in [0.717, 1.165) is 36.9 Å². The molecule has 0 saturated heterocycles. The minimum atomic E-state index is 0.118. The van der Waals surface area contributed by atoms with Crippen molar-refractivity contribution < 1.29 is 10.0 Å². The summed E-state index contributed by atoms with van der Waals surface area (Å²) in [6.45, 7) is 1.73. The Morgan fingerprint density at radius 1 is 1.19 bits per heavy atom. The molecule has 0 aromatic heterocycles. The van der Waals surface area contributed by atoms with E-state index in [1.54, 1.807) is 6.92 Å². The predicted octanol–water partition coefficient (Wildman–Crippen LogP) is 4.18. The molecule has 4 heteroatoms. The number of nitrogens with zero attached hydrogens (tertiary/aromatic N) is 1. The highest BCUT2D eigenvalue weighted by atomic mass is 16.4. The van der Waals surface area contributed by atoms with Crippen molar-refractivity contribution in [2.45, 2.75) is 51.9 Å². The van der Waals surface area contributed by atoms with E-state index in [4.69, 9.17) is 5.21 Å². The molecule has 0 bridgehead atoms. The van der Waals surface area contributed by atoms with Gasteiger partial charge in [0.05, 0.1) is 5.71 Å². The monoisotopic (exact) mass is 288 g/mol. The van der Waals surface area contributed by atoms with Crippen LogP contribution in [-0.4, -0.2) is 16.8 Å². The molecule has 1 aliphatic rings. The fraction of sp³-hybridized carbons (Fsp3) is 0.529. The molecule has 0 aliphatic heterocycles. The summed E-state index contributed by atoms with van der Waals surface area (Å²) in [6.07, 6.45) is 8.06. The number of anilines is 1. The van der Waals surface area contributed by atoms with Gasteiger partial charge in [-0.2, -0.15) is 0 Å². The minimum absolute atomic E-state index is 0.118. The van der Waals surface area contributed by atoms with Crippen LogP contribution in [0, 0.1) is 5.92 Å².